The number of likely N-dealkylation sites (tertiary alicyclic amines) is 1. The van der Waals surface area contributed by atoms with E-state index in [0.29, 0.717) is 12.4 Å². The van der Waals surface area contributed by atoms with Crippen LogP contribution in [0, 0.1) is 0 Å². The summed E-state index contributed by atoms with van der Waals surface area (Å²) in [4.78, 5) is 10.7. The van der Waals surface area contributed by atoms with Gasteiger partial charge >= 0.3 is 0 Å². The summed E-state index contributed by atoms with van der Waals surface area (Å²) in [6.07, 6.45) is 2.71. The summed E-state index contributed by atoms with van der Waals surface area (Å²) >= 11 is 0. The van der Waals surface area contributed by atoms with Crippen molar-refractivity contribution in [3.8, 4) is 17.2 Å². The molecule has 0 unspecified atom stereocenters. The third kappa shape index (κ3) is 6.48. The van der Waals surface area contributed by atoms with Crippen LogP contribution in [-0.4, -0.2) is 69.7 Å². The number of methoxy groups -OCH3 is 3. The van der Waals surface area contributed by atoms with Crippen LogP contribution in [0.25, 0.3) is 0 Å². The van der Waals surface area contributed by atoms with E-state index in [9.17, 15) is 9.90 Å². The van der Waals surface area contributed by atoms with Gasteiger partial charge in [0.05, 0.1) is 53.5 Å². The molecule has 1 saturated heterocycles. The van der Waals surface area contributed by atoms with Gasteiger partial charge in [-0.1, -0.05) is 0 Å². The molecule has 2 rings (SSSR count). The van der Waals surface area contributed by atoms with Crippen LogP contribution < -0.4 is 19.3 Å². The zero-order valence-electron chi connectivity index (χ0n) is 15.9. The minimum Gasteiger partial charge on any atom is -0.545 e. The molecule has 150 valence electrons. The molecular formula is C18H30INO6. The lowest BCUT2D eigenvalue weighted by atomic mass is 10.2. The van der Waals surface area contributed by atoms with Crippen LogP contribution in [0.5, 0.6) is 17.2 Å². The van der Waals surface area contributed by atoms with E-state index in [0.717, 1.165) is 11.0 Å². The fourth-order valence-corrected chi connectivity index (χ4v) is 3.12. The monoisotopic (exact) mass is 483 g/mol. The summed E-state index contributed by atoms with van der Waals surface area (Å²) in [5.74, 6) is -0.369. The normalized spacial score (nSPS) is 14.5. The molecule has 0 radical (unpaired) electrons. The van der Waals surface area contributed by atoms with Crippen molar-refractivity contribution in [2.24, 2.45) is 0 Å². The predicted molar refractivity (Wildman–Crippen MR) is 108 cm³/mol. The second-order valence-electron chi connectivity index (χ2n) is 5.96. The lowest BCUT2D eigenvalue weighted by Crippen LogP contribution is -2.46. The highest BCUT2D eigenvalue weighted by Crippen LogP contribution is 2.37. The van der Waals surface area contributed by atoms with Gasteiger partial charge in [-0.3, -0.25) is 0 Å². The minimum absolute atomic E-state index is 0. The Kier molecular flexibility index (Phi) is 11.6. The van der Waals surface area contributed by atoms with Crippen molar-refractivity contribution in [2.45, 2.75) is 19.8 Å². The highest BCUT2D eigenvalue weighted by atomic mass is 127. The number of carboxylic acid groups (broad SMARTS) is 1. The van der Waals surface area contributed by atoms with Crippen molar-refractivity contribution in [1.82, 2.24) is 0 Å². The number of aliphatic hydroxyl groups excluding tert-OH is 1. The number of halogens is 1. The number of hydrogen-bond donors (Lipinski definition) is 1. The first kappa shape index (κ1) is 24.7. The standard InChI is InChI=1S/C10H12O5.C8H18NO.HI/c1-13-7-4-6(10(11)12)5-8(14-2)9(7)15-3;1-2-9(7-8-10)5-3-4-6-9;/h4-5H,1-3H3,(H,11,12);10H,2-8H2,1H3;1H/q;+1;/p-1. The van der Waals surface area contributed by atoms with Gasteiger partial charge in [0.1, 0.15) is 6.54 Å². The zero-order valence-corrected chi connectivity index (χ0v) is 18.3. The number of quaternary nitrogens is 1. The first-order valence-electron chi connectivity index (χ1n) is 8.44. The van der Waals surface area contributed by atoms with E-state index in [-0.39, 0.29) is 41.0 Å². The van der Waals surface area contributed by atoms with Crippen molar-refractivity contribution >= 4 is 29.9 Å². The number of nitrogens with zero attached hydrogens (tertiary/aromatic N) is 1. The number of carbonyl (C=O) groups is 1. The van der Waals surface area contributed by atoms with Crippen molar-refractivity contribution in [3.05, 3.63) is 17.7 Å². The van der Waals surface area contributed by atoms with Gasteiger partial charge in [0, 0.05) is 18.4 Å². The predicted octanol–water partition coefficient (Wildman–Crippen LogP) is 1.30. The maximum absolute atomic E-state index is 10.7. The third-order valence-electron chi connectivity index (χ3n) is 4.66. The molecule has 26 heavy (non-hydrogen) atoms. The average molecular weight is 483 g/mol. The zero-order chi connectivity index (χ0) is 18.9. The number of rotatable bonds is 7. The lowest BCUT2D eigenvalue weighted by Gasteiger charge is -2.32. The van der Waals surface area contributed by atoms with Gasteiger partial charge in [-0.25, -0.2) is 0 Å². The van der Waals surface area contributed by atoms with E-state index in [1.807, 2.05) is 0 Å². The lowest BCUT2D eigenvalue weighted by molar-refractivity contribution is -0.915. The molecule has 7 nitrogen and oxygen atoms in total. The number of aliphatic hydroxyl groups is 1. The SMILES string of the molecule is CC[N+]1(CCO)CCCC1.COc1cc(C(=O)[O-])cc(OC)c1OC.I. The minimum atomic E-state index is -1.30. The molecule has 1 aromatic carbocycles. The summed E-state index contributed by atoms with van der Waals surface area (Å²) < 4.78 is 16.1. The number of carboxylic acids is 1. The summed E-state index contributed by atoms with van der Waals surface area (Å²) in [5.41, 5.74) is -0.0236. The van der Waals surface area contributed by atoms with Gasteiger partial charge in [-0.2, -0.15) is 0 Å². The Morgan fingerprint density at radius 3 is 1.92 bits per heavy atom. The van der Waals surface area contributed by atoms with Crippen LogP contribution >= 0.6 is 24.0 Å². The van der Waals surface area contributed by atoms with Gasteiger partial charge in [-0.05, 0) is 19.1 Å². The van der Waals surface area contributed by atoms with Gasteiger partial charge in [-0.15, -0.1) is 24.0 Å². The molecule has 0 aliphatic carbocycles. The molecule has 1 aromatic rings. The number of carbonyl (C=O) groups excluding carboxylic acids is 1. The van der Waals surface area contributed by atoms with Gasteiger partial charge < -0.3 is 33.7 Å². The second-order valence-corrected chi connectivity index (χ2v) is 5.96. The van der Waals surface area contributed by atoms with Crippen LogP contribution in [0.2, 0.25) is 0 Å². The number of ether oxygens (including phenoxy) is 3. The Morgan fingerprint density at radius 1 is 1.12 bits per heavy atom. The molecule has 0 bridgehead atoms. The van der Waals surface area contributed by atoms with Crippen molar-refractivity contribution in [2.75, 3.05) is 54.1 Å². The first-order valence-corrected chi connectivity index (χ1v) is 8.44. The summed E-state index contributed by atoms with van der Waals surface area (Å²) in [5, 5.41) is 19.5. The van der Waals surface area contributed by atoms with E-state index >= 15 is 0 Å². The second kappa shape index (κ2) is 12.2. The van der Waals surface area contributed by atoms with Crippen LogP contribution in [-0.2, 0) is 0 Å². The summed E-state index contributed by atoms with van der Waals surface area (Å²) in [6.45, 7) is 7.32. The van der Waals surface area contributed by atoms with E-state index in [1.54, 1.807) is 0 Å². The van der Waals surface area contributed by atoms with Crippen molar-refractivity contribution < 1.29 is 33.7 Å². The third-order valence-corrected chi connectivity index (χ3v) is 4.66. The Balaban J connectivity index is 0.000000497. The molecule has 0 amide bonds. The highest BCUT2D eigenvalue weighted by molar-refractivity contribution is 14.0. The Labute approximate surface area is 172 Å². The summed E-state index contributed by atoms with van der Waals surface area (Å²) in [7, 11) is 4.27. The van der Waals surface area contributed by atoms with Crippen LogP contribution in [0.1, 0.15) is 30.1 Å². The number of hydrogen-bond acceptors (Lipinski definition) is 6. The average Bonchev–Trinajstić information content (AvgIpc) is 3.10. The largest absolute Gasteiger partial charge is 0.545 e. The molecule has 1 heterocycles. The smallest absolute Gasteiger partial charge is 0.203 e. The molecule has 1 N–H and O–H groups in total. The molecule has 1 aliphatic heterocycles. The molecule has 0 saturated carbocycles. The number of likely N-dealkylation sites (N-methyl/N-ethyl adjacent to an activating group) is 1. The first-order chi connectivity index (χ1) is 12.0. The van der Waals surface area contributed by atoms with E-state index in [1.165, 1.54) is 65.9 Å². The fraction of sp³-hybridized carbons (Fsp3) is 0.611. The molecule has 0 aromatic heterocycles. The van der Waals surface area contributed by atoms with E-state index in [2.05, 4.69) is 6.92 Å². The van der Waals surface area contributed by atoms with Gasteiger partial charge in [0.2, 0.25) is 5.75 Å². The topological polar surface area (TPSA) is 88.1 Å². The molecule has 0 spiro atoms. The maximum atomic E-state index is 10.7. The van der Waals surface area contributed by atoms with Crippen LogP contribution in [0.3, 0.4) is 0 Å². The van der Waals surface area contributed by atoms with Crippen molar-refractivity contribution in [1.29, 1.82) is 0 Å². The Hall–Kier alpha value is -1.26. The van der Waals surface area contributed by atoms with E-state index < -0.39 is 5.97 Å². The summed E-state index contributed by atoms with van der Waals surface area (Å²) in [6, 6.07) is 2.63. The molecule has 8 heteroatoms. The molecule has 1 fully saturated rings. The van der Waals surface area contributed by atoms with Crippen molar-refractivity contribution in [3.63, 3.8) is 0 Å². The number of aromatic carboxylic acids is 1. The molecule has 0 atom stereocenters. The van der Waals surface area contributed by atoms with E-state index in [4.69, 9.17) is 19.3 Å². The number of benzene rings is 1. The van der Waals surface area contributed by atoms with Gasteiger partial charge in [0.15, 0.2) is 11.5 Å². The Bertz CT molecular complexity index is 536. The molecule has 1 aliphatic rings. The highest BCUT2D eigenvalue weighted by Gasteiger charge is 2.28. The van der Waals surface area contributed by atoms with Gasteiger partial charge in [0.25, 0.3) is 0 Å². The Morgan fingerprint density at radius 2 is 1.62 bits per heavy atom. The van der Waals surface area contributed by atoms with Crippen LogP contribution in [0.4, 0.5) is 0 Å². The quantitative estimate of drug-likeness (QED) is 0.465. The van der Waals surface area contributed by atoms with Crippen LogP contribution in [0.15, 0.2) is 12.1 Å². The molecular weight excluding hydrogens is 453 g/mol. The fourth-order valence-electron chi connectivity index (χ4n) is 3.12. The maximum Gasteiger partial charge on any atom is 0.203 e.